The summed E-state index contributed by atoms with van der Waals surface area (Å²) in [6.07, 6.45) is 2.18. The van der Waals surface area contributed by atoms with E-state index in [4.69, 9.17) is 0 Å². The summed E-state index contributed by atoms with van der Waals surface area (Å²) in [4.78, 5) is 18.7. The fourth-order valence-corrected chi connectivity index (χ4v) is 5.12. The number of aromatic nitrogens is 1. The van der Waals surface area contributed by atoms with Crippen LogP contribution < -0.4 is 4.90 Å². The van der Waals surface area contributed by atoms with E-state index in [1.54, 1.807) is 48.0 Å². The number of thiazole rings is 1. The molecule has 0 bridgehead atoms. The SMILES string of the molecule is CSc1sc(N(C)C(=O)Cc2ccc(-c3cc(F)ccc3F)cc2)nc1CBr. The molecule has 1 aromatic heterocycles. The van der Waals surface area contributed by atoms with Crippen molar-refractivity contribution >= 4 is 50.1 Å². The lowest BCUT2D eigenvalue weighted by Gasteiger charge is -2.14. The van der Waals surface area contributed by atoms with Gasteiger partial charge in [-0.15, -0.1) is 11.8 Å². The minimum atomic E-state index is -0.492. The first kappa shape index (κ1) is 21.0. The Hall–Kier alpha value is -1.77. The maximum atomic E-state index is 13.9. The number of nitrogens with zero attached hydrogens (tertiary/aromatic N) is 2. The molecule has 3 rings (SSSR count). The Morgan fingerprint density at radius 3 is 2.54 bits per heavy atom. The van der Waals surface area contributed by atoms with Crippen molar-refractivity contribution in [3.05, 3.63) is 65.4 Å². The third-order valence-electron chi connectivity index (χ3n) is 4.17. The molecule has 0 spiro atoms. The third-order valence-corrected chi connectivity index (χ3v) is 7.03. The van der Waals surface area contributed by atoms with Crippen molar-refractivity contribution in [1.29, 1.82) is 0 Å². The smallest absolute Gasteiger partial charge is 0.232 e. The topological polar surface area (TPSA) is 33.2 Å². The van der Waals surface area contributed by atoms with Crippen LogP contribution in [0, 0.1) is 11.6 Å². The van der Waals surface area contributed by atoms with E-state index in [1.165, 1.54) is 11.3 Å². The van der Waals surface area contributed by atoms with Crippen molar-refractivity contribution in [2.75, 3.05) is 18.2 Å². The van der Waals surface area contributed by atoms with Crippen LogP contribution in [0.3, 0.4) is 0 Å². The summed E-state index contributed by atoms with van der Waals surface area (Å²) in [5, 5.41) is 1.29. The monoisotopic (exact) mass is 482 g/mol. The van der Waals surface area contributed by atoms with Crippen LogP contribution in [0.5, 0.6) is 0 Å². The molecule has 1 amide bonds. The number of likely N-dealkylation sites (N-methyl/N-ethyl adjacent to an activating group) is 1. The number of alkyl halides is 1. The third kappa shape index (κ3) is 4.61. The van der Waals surface area contributed by atoms with Crippen molar-refractivity contribution in [1.82, 2.24) is 4.98 Å². The van der Waals surface area contributed by atoms with Crippen LogP contribution in [-0.2, 0) is 16.5 Å². The molecule has 146 valence electrons. The van der Waals surface area contributed by atoms with Crippen molar-refractivity contribution in [3.8, 4) is 11.1 Å². The summed E-state index contributed by atoms with van der Waals surface area (Å²) in [6.45, 7) is 0. The maximum Gasteiger partial charge on any atom is 0.232 e. The number of carbonyl (C=O) groups excluding carboxylic acids is 1. The van der Waals surface area contributed by atoms with Crippen molar-refractivity contribution < 1.29 is 13.6 Å². The summed E-state index contributed by atoms with van der Waals surface area (Å²) in [5.74, 6) is -1.07. The van der Waals surface area contributed by atoms with Gasteiger partial charge in [-0.25, -0.2) is 13.8 Å². The summed E-state index contributed by atoms with van der Waals surface area (Å²) in [5.41, 5.74) is 2.48. The zero-order valence-corrected chi connectivity index (χ0v) is 18.4. The summed E-state index contributed by atoms with van der Waals surface area (Å²) >= 11 is 6.50. The molecule has 0 unspecified atom stereocenters. The molecule has 2 aromatic carbocycles. The van der Waals surface area contributed by atoms with Crippen LogP contribution in [0.25, 0.3) is 11.1 Å². The zero-order chi connectivity index (χ0) is 20.3. The fraction of sp³-hybridized carbons (Fsp3) is 0.200. The van der Waals surface area contributed by atoms with Gasteiger partial charge in [0, 0.05) is 17.9 Å². The highest BCUT2D eigenvalue weighted by molar-refractivity contribution is 9.08. The Balaban J connectivity index is 1.74. The molecule has 8 heteroatoms. The molecule has 0 aliphatic heterocycles. The lowest BCUT2D eigenvalue weighted by Crippen LogP contribution is -2.27. The number of hydrogen-bond donors (Lipinski definition) is 0. The predicted molar refractivity (Wildman–Crippen MR) is 115 cm³/mol. The van der Waals surface area contributed by atoms with E-state index in [0.717, 1.165) is 33.7 Å². The average Bonchev–Trinajstić information content (AvgIpc) is 3.13. The second-order valence-electron chi connectivity index (χ2n) is 6.02. The van der Waals surface area contributed by atoms with Crippen LogP contribution >= 0.6 is 39.0 Å². The highest BCUT2D eigenvalue weighted by Gasteiger charge is 2.18. The molecule has 0 saturated carbocycles. The van der Waals surface area contributed by atoms with E-state index in [9.17, 15) is 13.6 Å². The van der Waals surface area contributed by atoms with E-state index in [1.807, 2.05) is 6.26 Å². The number of carbonyl (C=O) groups is 1. The van der Waals surface area contributed by atoms with Crippen LogP contribution in [-0.4, -0.2) is 24.2 Å². The highest BCUT2D eigenvalue weighted by atomic mass is 79.9. The van der Waals surface area contributed by atoms with E-state index >= 15 is 0 Å². The predicted octanol–water partition coefficient (Wildman–Crippen LogP) is 5.91. The first-order valence-corrected chi connectivity index (χ1v) is 11.5. The van der Waals surface area contributed by atoms with Gasteiger partial charge in [0.1, 0.15) is 11.6 Å². The van der Waals surface area contributed by atoms with Crippen molar-refractivity contribution in [2.45, 2.75) is 16.0 Å². The highest BCUT2D eigenvalue weighted by Crippen LogP contribution is 2.34. The van der Waals surface area contributed by atoms with E-state index in [-0.39, 0.29) is 17.9 Å². The summed E-state index contributed by atoms with van der Waals surface area (Å²) < 4.78 is 28.4. The average molecular weight is 483 g/mol. The Kier molecular flexibility index (Phi) is 6.85. The van der Waals surface area contributed by atoms with E-state index in [0.29, 0.717) is 16.0 Å². The Morgan fingerprint density at radius 1 is 1.21 bits per heavy atom. The van der Waals surface area contributed by atoms with Gasteiger partial charge in [0.2, 0.25) is 5.91 Å². The van der Waals surface area contributed by atoms with Crippen LogP contribution in [0.1, 0.15) is 11.3 Å². The van der Waals surface area contributed by atoms with Crippen molar-refractivity contribution in [2.24, 2.45) is 0 Å². The molecule has 0 atom stereocenters. The van der Waals surface area contributed by atoms with Gasteiger partial charge in [0.25, 0.3) is 0 Å². The minimum absolute atomic E-state index is 0.0905. The molecular weight excluding hydrogens is 466 g/mol. The Labute approximate surface area is 178 Å². The lowest BCUT2D eigenvalue weighted by molar-refractivity contribution is -0.117. The number of hydrogen-bond acceptors (Lipinski definition) is 4. The van der Waals surface area contributed by atoms with Crippen LogP contribution in [0.15, 0.2) is 46.7 Å². The quantitative estimate of drug-likeness (QED) is 0.323. The molecule has 28 heavy (non-hydrogen) atoms. The molecule has 0 fully saturated rings. The second kappa shape index (κ2) is 9.15. The normalized spacial score (nSPS) is 10.9. The lowest BCUT2D eigenvalue weighted by atomic mass is 10.0. The molecule has 3 aromatic rings. The Morgan fingerprint density at radius 2 is 1.93 bits per heavy atom. The van der Waals surface area contributed by atoms with Gasteiger partial charge >= 0.3 is 0 Å². The van der Waals surface area contributed by atoms with Gasteiger partial charge < -0.3 is 0 Å². The fourth-order valence-electron chi connectivity index (χ4n) is 2.63. The molecule has 3 nitrogen and oxygen atoms in total. The molecule has 0 aliphatic carbocycles. The number of rotatable bonds is 6. The van der Waals surface area contributed by atoms with Gasteiger partial charge in [-0.05, 0) is 35.6 Å². The zero-order valence-electron chi connectivity index (χ0n) is 15.2. The molecule has 0 N–H and O–H groups in total. The van der Waals surface area contributed by atoms with Gasteiger partial charge in [-0.2, -0.15) is 0 Å². The van der Waals surface area contributed by atoms with E-state index in [2.05, 4.69) is 20.9 Å². The largest absolute Gasteiger partial charge is 0.291 e. The first-order valence-electron chi connectivity index (χ1n) is 8.33. The number of thioether (sulfide) groups is 1. The number of anilines is 1. The van der Waals surface area contributed by atoms with Crippen LogP contribution in [0.4, 0.5) is 13.9 Å². The van der Waals surface area contributed by atoms with Crippen LogP contribution in [0.2, 0.25) is 0 Å². The molecule has 0 aliphatic rings. The van der Waals surface area contributed by atoms with Gasteiger partial charge in [-0.1, -0.05) is 51.5 Å². The van der Waals surface area contributed by atoms with Gasteiger partial charge in [0.05, 0.1) is 16.3 Å². The minimum Gasteiger partial charge on any atom is -0.291 e. The molecule has 0 radical (unpaired) electrons. The number of halogens is 3. The standard InChI is InChI=1S/C20H17BrF2N2OS2/c1-25(20-24-17(11-21)19(27-2)28-20)18(26)9-12-3-5-13(6-4-12)15-10-14(22)7-8-16(15)23/h3-8,10H,9,11H2,1-2H3. The Bertz CT molecular complexity index is 971. The van der Waals surface area contributed by atoms with Crippen molar-refractivity contribution in [3.63, 3.8) is 0 Å². The molecular formula is C20H17BrF2N2OS2. The number of benzene rings is 2. The molecule has 0 saturated heterocycles. The first-order chi connectivity index (χ1) is 13.4. The summed E-state index contributed by atoms with van der Waals surface area (Å²) in [6, 6.07) is 10.3. The summed E-state index contributed by atoms with van der Waals surface area (Å²) in [7, 11) is 1.71. The maximum absolute atomic E-state index is 13.9. The number of amides is 1. The van der Waals surface area contributed by atoms with Gasteiger partial charge in [0.15, 0.2) is 5.13 Å². The molecule has 1 heterocycles. The van der Waals surface area contributed by atoms with E-state index < -0.39 is 11.6 Å². The second-order valence-corrected chi connectivity index (χ2v) is 8.63. The van der Waals surface area contributed by atoms with Gasteiger partial charge in [-0.3, -0.25) is 9.69 Å².